The van der Waals surface area contributed by atoms with Gasteiger partial charge < -0.3 is 4.74 Å². The van der Waals surface area contributed by atoms with Gasteiger partial charge in [-0.05, 0) is 38.5 Å². The number of aromatic nitrogens is 3. The fourth-order valence-corrected chi connectivity index (χ4v) is 5.46. The molecule has 0 saturated heterocycles. The van der Waals surface area contributed by atoms with Crippen molar-refractivity contribution in [3.63, 3.8) is 0 Å². The molecule has 13 heteroatoms. The van der Waals surface area contributed by atoms with Crippen LogP contribution in [0.3, 0.4) is 0 Å². The Labute approximate surface area is 221 Å². The van der Waals surface area contributed by atoms with Crippen molar-refractivity contribution < 1.29 is 31.5 Å². The van der Waals surface area contributed by atoms with Crippen molar-refractivity contribution in [2.45, 2.75) is 33.2 Å². The molecule has 0 spiro atoms. The number of thiophene rings is 1. The van der Waals surface area contributed by atoms with Crippen molar-refractivity contribution in [2.24, 2.45) is 4.99 Å². The molecule has 1 aliphatic heterocycles. The maximum Gasteiger partial charge on any atom is 0.314 e. The maximum absolute atomic E-state index is 14.1. The quantitative estimate of drug-likeness (QED) is 0.0931. The van der Waals surface area contributed by atoms with Crippen molar-refractivity contribution in [3.8, 4) is 10.8 Å². The SMILES string of the molecule is Cc1sc2c(c1C)C(c1ccc(Cl)cc1)=N[C@@H](CC(=O)Oc1c(F)c(F)c(F)c(F)c1F)c1nnc(C)n1-2. The predicted molar refractivity (Wildman–Crippen MR) is 130 cm³/mol. The van der Waals surface area contributed by atoms with E-state index in [0.717, 1.165) is 21.0 Å². The van der Waals surface area contributed by atoms with Crippen LogP contribution in [0.15, 0.2) is 29.3 Å². The van der Waals surface area contributed by atoms with Gasteiger partial charge in [-0.25, -0.2) is 13.2 Å². The van der Waals surface area contributed by atoms with Crippen molar-refractivity contribution in [1.82, 2.24) is 14.8 Å². The van der Waals surface area contributed by atoms with Gasteiger partial charge in [0.05, 0.1) is 12.1 Å². The molecule has 0 saturated carbocycles. The number of benzene rings is 2. The first-order valence-corrected chi connectivity index (χ1v) is 12.3. The summed E-state index contributed by atoms with van der Waals surface area (Å²) in [5.41, 5.74) is 2.88. The minimum Gasteiger partial charge on any atom is -0.420 e. The van der Waals surface area contributed by atoms with Crippen molar-refractivity contribution >= 4 is 34.6 Å². The molecule has 1 aliphatic rings. The second kappa shape index (κ2) is 9.59. The van der Waals surface area contributed by atoms with Gasteiger partial charge in [-0.15, -0.1) is 21.5 Å². The number of halogens is 6. The minimum atomic E-state index is -2.36. The number of esters is 1. The zero-order chi connectivity index (χ0) is 27.5. The number of carbonyl (C=O) groups excluding carboxylic acids is 1. The van der Waals surface area contributed by atoms with Gasteiger partial charge in [0.2, 0.25) is 34.8 Å². The normalized spacial score (nSPS) is 14.6. The van der Waals surface area contributed by atoms with Crippen LogP contribution in [0.1, 0.15) is 45.7 Å². The second-order valence-corrected chi connectivity index (χ2v) is 10.1. The second-order valence-electron chi connectivity index (χ2n) is 8.48. The number of hydrogen-bond acceptors (Lipinski definition) is 6. The summed E-state index contributed by atoms with van der Waals surface area (Å²) in [7, 11) is 0. The summed E-state index contributed by atoms with van der Waals surface area (Å²) >= 11 is 7.53. The lowest BCUT2D eigenvalue weighted by Crippen LogP contribution is -2.17. The van der Waals surface area contributed by atoms with E-state index >= 15 is 0 Å². The third-order valence-electron chi connectivity index (χ3n) is 6.10. The van der Waals surface area contributed by atoms with Crippen LogP contribution in [0.25, 0.3) is 5.00 Å². The molecule has 5 rings (SSSR count). The van der Waals surface area contributed by atoms with Gasteiger partial charge in [-0.3, -0.25) is 14.4 Å². The summed E-state index contributed by atoms with van der Waals surface area (Å²) in [6.07, 6.45) is -0.637. The van der Waals surface area contributed by atoms with Gasteiger partial charge in [0.15, 0.2) is 5.82 Å². The highest BCUT2D eigenvalue weighted by Crippen LogP contribution is 2.40. The minimum absolute atomic E-state index is 0.239. The Morgan fingerprint density at radius 1 is 0.974 bits per heavy atom. The highest BCUT2D eigenvalue weighted by atomic mass is 35.5. The Morgan fingerprint density at radius 2 is 1.58 bits per heavy atom. The highest BCUT2D eigenvalue weighted by Gasteiger charge is 2.34. The first kappa shape index (κ1) is 26.0. The number of rotatable bonds is 4. The molecule has 0 fully saturated rings. The zero-order valence-corrected chi connectivity index (χ0v) is 21.4. The van der Waals surface area contributed by atoms with Crippen LogP contribution in [0, 0.1) is 49.9 Å². The molecule has 0 N–H and O–H groups in total. The van der Waals surface area contributed by atoms with E-state index in [2.05, 4.69) is 14.9 Å². The van der Waals surface area contributed by atoms with Crippen LogP contribution in [0.5, 0.6) is 5.75 Å². The lowest BCUT2D eigenvalue weighted by atomic mass is 9.99. The Bertz CT molecular complexity index is 1620. The van der Waals surface area contributed by atoms with Crippen LogP contribution in [0.2, 0.25) is 5.02 Å². The van der Waals surface area contributed by atoms with Crippen LogP contribution >= 0.6 is 22.9 Å². The number of aryl methyl sites for hydroxylation is 2. The summed E-state index contributed by atoms with van der Waals surface area (Å²) < 4.78 is 75.2. The maximum atomic E-state index is 14.1. The standard InChI is InChI=1S/C25H16ClF5N4O2S/c1-9-10(2)38-25-16(9)22(12-4-6-13(26)7-5-12)32-14(24-34-33-11(3)35(24)25)8-15(36)37-23-20(30)18(28)17(27)19(29)21(23)31/h4-7,14H,8H2,1-3H3/t14-/m0/s1. The molecule has 0 bridgehead atoms. The van der Waals surface area contributed by atoms with E-state index in [9.17, 15) is 26.7 Å². The van der Waals surface area contributed by atoms with Gasteiger partial charge >= 0.3 is 5.97 Å². The average molecular weight is 567 g/mol. The van der Waals surface area contributed by atoms with Crippen molar-refractivity contribution in [2.75, 3.05) is 0 Å². The summed E-state index contributed by atoms with van der Waals surface area (Å²) in [4.78, 5) is 18.6. The molecular weight excluding hydrogens is 551 g/mol. The average Bonchev–Trinajstić information content (AvgIpc) is 3.36. The Balaban J connectivity index is 1.61. The molecule has 1 atom stereocenters. The third kappa shape index (κ3) is 4.17. The van der Waals surface area contributed by atoms with Gasteiger partial charge in [0.1, 0.15) is 16.9 Å². The molecule has 2 aromatic heterocycles. The lowest BCUT2D eigenvalue weighted by molar-refractivity contribution is -0.135. The zero-order valence-electron chi connectivity index (χ0n) is 19.9. The molecule has 3 heterocycles. The summed E-state index contributed by atoms with van der Waals surface area (Å²) in [5, 5.41) is 9.54. The molecule has 38 heavy (non-hydrogen) atoms. The lowest BCUT2D eigenvalue weighted by Gasteiger charge is -2.13. The van der Waals surface area contributed by atoms with Crippen molar-refractivity contribution in [1.29, 1.82) is 0 Å². The molecule has 0 aliphatic carbocycles. The topological polar surface area (TPSA) is 69.4 Å². The number of ether oxygens (including phenoxy) is 1. The van der Waals surface area contributed by atoms with E-state index in [-0.39, 0.29) is 5.82 Å². The largest absolute Gasteiger partial charge is 0.420 e. The van der Waals surface area contributed by atoms with E-state index in [1.54, 1.807) is 35.8 Å². The van der Waals surface area contributed by atoms with E-state index < -0.39 is 53.3 Å². The molecule has 0 unspecified atom stereocenters. The predicted octanol–water partition coefficient (Wildman–Crippen LogP) is 6.49. The number of carbonyl (C=O) groups is 1. The number of nitrogens with zero attached hydrogens (tertiary/aromatic N) is 4. The smallest absolute Gasteiger partial charge is 0.314 e. The van der Waals surface area contributed by atoms with E-state index in [1.165, 1.54) is 11.3 Å². The number of aliphatic imine (C=N–C) groups is 1. The van der Waals surface area contributed by atoms with E-state index in [0.29, 0.717) is 22.1 Å². The molecule has 0 radical (unpaired) electrons. The van der Waals surface area contributed by atoms with Gasteiger partial charge in [-0.2, -0.15) is 8.78 Å². The van der Waals surface area contributed by atoms with Gasteiger partial charge in [-0.1, -0.05) is 23.7 Å². The van der Waals surface area contributed by atoms with E-state index in [1.807, 2.05) is 13.8 Å². The van der Waals surface area contributed by atoms with E-state index in [4.69, 9.17) is 16.6 Å². The monoisotopic (exact) mass is 566 g/mol. The molecule has 2 aromatic carbocycles. The first-order chi connectivity index (χ1) is 18.0. The van der Waals surface area contributed by atoms with Crippen molar-refractivity contribution in [3.05, 3.63) is 91.6 Å². The van der Waals surface area contributed by atoms with Crippen LogP contribution in [0.4, 0.5) is 22.0 Å². The fraction of sp³-hybridized carbons (Fsp3) is 0.200. The van der Waals surface area contributed by atoms with Gasteiger partial charge in [0.25, 0.3) is 0 Å². The summed E-state index contributed by atoms with van der Waals surface area (Å²) in [6, 6.07) is 5.78. The molecule has 196 valence electrons. The molecule has 6 nitrogen and oxygen atoms in total. The third-order valence-corrected chi connectivity index (χ3v) is 7.55. The van der Waals surface area contributed by atoms with Crippen LogP contribution < -0.4 is 4.74 Å². The highest BCUT2D eigenvalue weighted by molar-refractivity contribution is 7.15. The van der Waals surface area contributed by atoms with Crippen LogP contribution in [-0.4, -0.2) is 26.4 Å². The Hall–Kier alpha value is -3.64. The fourth-order valence-electron chi connectivity index (χ4n) is 4.12. The summed E-state index contributed by atoms with van der Waals surface area (Å²) in [5.74, 6) is -13.6. The summed E-state index contributed by atoms with van der Waals surface area (Å²) in [6.45, 7) is 5.59. The number of fused-ring (bicyclic) bond motifs is 3. The Kier molecular flexibility index (Phi) is 6.56. The molecule has 4 aromatic rings. The molecule has 0 amide bonds. The van der Waals surface area contributed by atoms with Crippen LogP contribution in [-0.2, 0) is 4.79 Å². The van der Waals surface area contributed by atoms with Gasteiger partial charge in [0, 0.05) is 21.0 Å². The molecular formula is C25H16ClF5N4O2S. The first-order valence-electron chi connectivity index (χ1n) is 11.1. The number of hydrogen-bond donors (Lipinski definition) is 0. The Morgan fingerprint density at radius 3 is 2.21 bits per heavy atom.